The van der Waals surface area contributed by atoms with Gasteiger partial charge >= 0.3 is 0 Å². The Hall–Kier alpha value is -2.21. The minimum atomic E-state index is -0.0286. The third kappa shape index (κ3) is 2.39. The SMILES string of the molecule is O=C1CSC(c2ccccn2)N1Cc1ccc2c(c1)OCO2. The molecule has 3 heterocycles. The van der Waals surface area contributed by atoms with E-state index in [2.05, 4.69) is 4.98 Å². The summed E-state index contributed by atoms with van der Waals surface area (Å²) in [6.45, 7) is 0.803. The molecule has 0 radical (unpaired) electrons. The van der Waals surface area contributed by atoms with E-state index in [0.29, 0.717) is 12.3 Å². The number of ether oxygens (including phenoxy) is 2. The van der Waals surface area contributed by atoms with Crippen molar-refractivity contribution in [1.82, 2.24) is 9.88 Å². The number of thioether (sulfide) groups is 1. The number of carbonyl (C=O) groups is 1. The van der Waals surface area contributed by atoms with Gasteiger partial charge in [-0.15, -0.1) is 11.8 Å². The van der Waals surface area contributed by atoms with E-state index in [9.17, 15) is 4.79 Å². The van der Waals surface area contributed by atoms with Crippen LogP contribution in [0.15, 0.2) is 42.6 Å². The van der Waals surface area contributed by atoms with Crippen LogP contribution in [-0.4, -0.2) is 28.3 Å². The number of amides is 1. The molecule has 5 nitrogen and oxygen atoms in total. The fourth-order valence-corrected chi connectivity index (χ4v) is 3.78. The summed E-state index contributed by atoms with van der Waals surface area (Å²) in [4.78, 5) is 18.5. The minimum absolute atomic E-state index is 0.0286. The summed E-state index contributed by atoms with van der Waals surface area (Å²) >= 11 is 1.61. The van der Waals surface area contributed by atoms with Crippen molar-refractivity contribution in [2.75, 3.05) is 12.5 Å². The monoisotopic (exact) mass is 314 g/mol. The third-order valence-corrected chi connectivity index (χ3v) is 4.92. The second-order valence-corrected chi connectivity index (χ2v) is 6.20. The summed E-state index contributed by atoms with van der Waals surface area (Å²) in [5, 5.41) is -0.0286. The van der Waals surface area contributed by atoms with Crippen molar-refractivity contribution in [1.29, 1.82) is 0 Å². The predicted molar refractivity (Wildman–Crippen MR) is 82.6 cm³/mol. The highest BCUT2D eigenvalue weighted by atomic mass is 32.2. The Morgan fingerprint density at radius 1 is 1.23 bits per heavy atom. The fourth-order valence-electron chi connectivity index (χ4n) is 2.63. The molecule has 4 rings (SSSR count). The molecule has 1 saturated heterocycles. The second kappa shape index (κ2) is 5.53. The molecule has 1 amide bonds. The van der Waals surface area contributed by atoms with E-state index < -0.39 is 0 Å². The van der Waals surface area contributed by atoms with Crippen LogP contribution in [0.2, 0.25) is 0 Å². The van der Waals surface area contributed by atoms with Crippen LogP contribution in [-0.2, 0) is 11.3 Å². The molecule has 1 atom stereocenters. The average molecular weight is 314 g/mol. The number of hydrogen-bond acceptors (Lipinski definition) is 5. The van der Waals surface area contributed by atoms with E-state index in [0.717, 1.165) is 22.8 Å². The van der Waals surface area contributed by atoms with Gasteiger partial charge in [-0.1, -0.05) is 12.1 Å². The molecule has 0 saturated carbocycles. The maximum absolute atomic E-state index is 12.2. The van der Waals surface area contributed by atoms with Crippen LogP contribution in [0.3, 0.4) is 0 Å². The van der Waals surface area contributed by atoms with E-state index in [1.165, 1.54) is 0 Å². The molecule has 22 heavy (non-hydrogen) atoms. The zero-order valence-electron chi connectivity index (χ0n) is 11.8. The first-order valence-corrected chi connectivity index (χ1v) is 8.07. The average Bonchev–Trinajstić information content (AvgIpc) is 3.15. The molecule has 1 aromatic carbocycles. The van der Waals surface area contributed by atoms with Gasteiger partial charge in [-0.2, -0.15) is 0 Å². The molecule has 2 aromatic rings. The summed E-state index contributed by atoms with van der Waals surface area (Å²) in [5.74, 6) is 2.13. The number of pyridine rings is 1. The third-order valence-electron chi connectivity index (χ3n) is 3.70. The number of benzene rings is 1. The first-order chi connectivity index (χ1) is 10.8. The molecule has 0 bridgehead atoms. The van der Waals surface area contributed by atoms with Crippen molar-refractivity contribution in [2.45, 2.75) is 11.9 Å². The molecular weight excluding hydrogens is 300 g/mol. The van der Waals surface area contributed by atoms with Crippen LogP contribution < -0.4 is 9.47 Å². The zero-order valence-corrected chi connectivity index (χ0v) is 12.6. The lowest BCUT2D eigenvalue weighted by atomic mass is 10.2. The van der Waals surface area contributed by atoms with Crippen LogP contribution >= 0.6 is 11.8 Å². The Labute approximate surface area is 132 Å². The number of fused-ring (bicyclic) bond motifs is 1. The van der Waals surface area contributed by atoms with E-state index >= 15 is 0 Å². The highest BCUT2D eigenvalue weighted by molar-refractivity contribution is 8.00. The molecular formula is C16H14N2O3S. The minimum Gasteiger partial charge on any atom is -0.454 e. The van der Waals surface area contributed by atoms with Crippen molar-refractivity contribution in [3.05, 3.63) is 53.9 Å². The van der Waals surface area contributed by atoms with Crippen molar-refractivity contribution in [3.63, 3.8) is 0 Å². The normalized spacial score (nSPS) is 19.7. The summed E-state index contributed by atoms with van der Waals surface area (Å²) in [6, 6.07) is 11.6. The van der Waals surface area contributed by atoms with Crippen LogP contribution in [0.25, 0.3) is 0 Å². The Balaban J connectivity index is 1.59. The van der Waals surface area contributed by atoms with Gasteiger partial charge < -0.3 is 14.4 Å². The Morgan fingerprint density at radius 3 is 3.00 bits per heavy atom. The standard InChI is InChI=1S/C16H14N2O3S/c19-15-9-22-16(12-3-1-2-6-17-12)18(15)8-11-4-5-13-14(7-11)21-10-20-13/h1-7,16H,8-10H2. The molecule has 1 unspecified atom stereocenters. The molecule has 2 aliphatic rings. The smallest absolute Gasteiger partial charge is 0.234 e. The van der Waals surface area contributed by atoms with Gasteiger partial charge in [0.2, 0.25) is 12.7 Å². The Morgan fingerprint density at radius 2 is 2.14 bits per heavy atom. The lowest BCUT2D eigenvalue weighted by Crippen LogP contribution is -2.28. The van der Waals surface area contributed by atoms with Gasteiger partial charge in [0.05, 0.1) is 11.4 Å². The lowest BCUT2D eigenvalue weighted by Gasteiger charge is -2.23. The molecule has 6 heteroatoms. The van der Waals surface area contributed by atoms with Gasteiger partial charge in [0.15, 0.2) is 11.5 Å². The highest BCUT2D eigenvalue weighted by Gasteiger charge is 2.33. The quantitative estimate of drug-likeness (QED) is 0.871. The molecule has 1 fully saturated rings. The van der Waals surface area contributed by atoms with Gasteiger partial charge in [-0.3, -0.25) is 9.78 Å². The maximum Gasteiger partial charge on any atom is 0.234 e. The summed E-state index contributed by atoms with van der Waals surface area (Å²) < 4.78 is 10.7. The first-order valence-electron chi connectivity index (χ1n) is 7.02. The van der Waals surface area contributed by atoms with Crippen molar-refractivity contribution in [2.24, 2.45) is 0 Å². The van der Waals surface area contributed by atoms with Crippen molar-refractivity contribution in [3.8, 4) is 11.5 Å². The van der Waals surface area contributed by atoms with E-state index in [1.807, 2.05) is 41.3 Å². The summed E-state index contributed by atoms with van der Waals surface area (Å²) in [7, 11) is 0. The molecule has 0 spiro atoms. The Bertz CT molecular complexity index is 708. The van der Waals surface area contributed by atoms with Gasteiger partial charge in [0.25, 0.3) is 0 Å². The summed E-state index contributed by atoms with van der Waals surface area (Å²) in [5.41, 5.74) is 1.94. The van der Waals surface area contributed by atoms with Crippen LogP contribution in [0.4, 0.5) is 0 Å². The largest absolute Gasteiger partial charge is 0.454 e. The van der Waals surface area contributed by atoms with E-state index in [-0.39, 0.29) is 18.1 Å². The molecule has 0 N–H and O–H groups in total. The molecule has 1 aromatic heterocycles. The van der Waals surface area contributed by atoms with E-state index in [4.69, 9.17) is 9.47 Å². The van der Waals surface area contributed by atoms with Crippen molar-refractivity contribution < 1.29 is 14.3 Å². The van der Waals surface area contributed by atoms with Gasteiger partial charge in [-0.25, -0.2) is 0 Å². The number of nitrogens with zero attached hydrogens (tertiary/aromatic N) is 2. The van der Waals surface area contributed by atoms with E-state index in [1.54, 1.807) is 18.0 Å². The van der Waals surface area contributed by atoms with Gasteiger partial charge in [0.1, 0.15) is 5.37 Å². The number of carbonyl (C=O) groups excluding carboxylic acids is 1. The lowest BCUT2D eigenvalue weighted by molar-refractivity contribution is -0.128. The summed E-state index contributed by atoms with van der Waals surface area (Å²) in [6.07, 6.45) is 1.76. The molecule has 2 aliphatic heterocycles. The van der Waals surface area contributed by atoms with Crippen molar-refractivity contribution >= 4 is 17.7 Å². The van der Waals surface area contributed by atoms with Crippen LogP contribution in [0.5, 0.6) is 11.5 Å². The van der Waals surface area contributed by atoms with Crippen LogP contribution in [0.1, 0.15) is 16.6 Å². The van der Waals surface area contributed by atoms with Gasteiger partial charge in [0, 0.05) is 12.7 Å². The number of rotatable bonds is 3. The Kier molecular flexibility index (Phi) is 3.38. The first kappa shape index (κ1) is 13.5. The topological polar surface area (TPSA) is 51.7 Å². The molecule has 0 aliphatic carbocycles. The number of hydrogen-bond donors (Lipinski definition) is 0. The molecule has 112 valence electrons. The fraction of sp³-hybridized carbons (Fsp3) is 0.250. The maximum atomic E-state index is 12.2. The zero-order chi connectivity index (χ0) is 14.9. The highest BCUT2D eigenvalue weighted by Crippen LogP contribution is 2.39. The number of aromatic nitrogens is 1. The van der Waals surface area contributed by atoms with Crippen LogP contribution in [0, 0.1) is 0 Å². The second-order valence-electron chi connectivity index (χ2n) is 5.13. The van der Waals surface area contributed by atoms with Gasteiger partial charge in [-0.05, 0) is 29.8 Å². The predicted octanol–water partition coefficient (Wildman–Crippen LogP) is 2.58.